The van der Waals surface area contributed by atoms with E-state index < -0.39 is 35.9 Å². The molecule has 35 heavy (non-hydrogen) atoms. The summed E-state index contributed by atoms with van der Waals surface area (Å²) < 4.78 is 0. The number of hydrogen-bond donors (Lipinski definition) is 5. The molecule has 9 nitrogen and oxygen atoms in total. The molecule has 1 aliphatic heterocycles. The summed E-state index contributed by atoms with van der Waals surface area (Å²) in [6, 6.07) is 6.15. The molecule has 9 heteroatoms. The topological polar surface area (TPSA) is 137 Å². The molecule has 2 rings (SSSR count). The number of hydrogen-bond acceptors (Lipinski definition) is 5. The summed E-state index contributed by atoms with van der Waals surface area (Å²) in [6.07, 6.45) is 3.05. The average Bonchev–Trinajstić information content (AvgIpc) is 3.40. The largest absolute Gasteiger partial charge is 0.480 e. The minimum absolute atomic E-state index is 0.241. The Morgan fingerprint density at radius 2 is 1.54 bits per heavy atom. The van der Waals surface area contributed by atoms with Crippen molar-refractivity contribution in [3.63, 3.8) is 0 Å². The predicted molar refractivity (Wildman–Crippen MR) is 134 cm³/mol. The summed E-state index contributed by atoms with van der Waals surface area (Å²) in [6.45, 7) is 8.10. The van der Waals surface area contributed by atoms with Gasteiger partial charge >= 0.3 is 5.97 Å². The van der Waals surface area contributed by atoms with E-state index >= 15 is 0 Å². The number of benzene rings is 1. The SMILES string of the molecule is CCC(C)C(NC(=O)C(NC(=O)C(Cc1ccccc1)NC(=O)C1CCCN1)C(C)CC)C(=O)O. The van der Waals surface area contributed by atoms with E-state index in [0.29, 0.717) is 19.3 Å². The third kappa shape index (κ3) is 8.35. The monoisotopic (exact) mass is 488 g/mol. The zero-order chi connectivity index (χ0) is 26.0. The summed E-state index contributed by atoms with van der Waals surface area (Å²) in [5.74, 6) is -2.88. The Morgan fingerprint density at radius 3 is 2.09 bits per heavy atom. The second kappa shape index (κ2) is 13.8. The van der Waals surface area contributed by atoms with E-state index in [-0.39, 0.29) is 30.2 Å². The van der Waals surface area contributed by atoms with Crippen molar-refractivity contribution in [2.75, 3.05) is 6.54 Å². The number of nitrogens with one attached hydrogen (secondary N) is 4. The Hall–Kier alpha value is -2.94. The number of carbonyl (C=O) groups is 4. The van der Waals surface area contributed by atoms with Crippen molar-refractivity contribution in [2.24, 2.45) is 11.8 Å². The van der Waals surface area contributed by atoms with Gasteiger partial charge in [0.15, 0.2) is 0 Å². The molecule has 1 aromatic rings. The average molecular weight is 489 g/mol. The van der Waals surface area contributed by atoms with Crippen LogP contribution in [0.25, 0.3) is 0 Å². The summed E-state index contributed by atoms with van der Waals surface area (Å²) >= 11 is 0. The fourth-order valence-corrected chi connectivity index (χ4v) is 4.12. The number of amides is 3. The van der Waals surface area contributed by atoms with Crippen molar-refractivity contribution in [2.45, 2.75) is 84.0 Å². The lowest BCUT2D eigenvalue weighted by Gasteiger charge is -2.29. The summed E-state index contributed by atoms with van der Waals surface area (Å²) in [5.41, 5.74) is 0.875. The third-order valence-corrected chi connectivity index (χ3v) is 6.86. The van der Waals surface area contributed by atoms with Crippen LogP contribution in [-0.2, 0) is 25.6 Å². The van der Waals surface area contributed by atoms with E-state index in [1.54, 1.807) is 6.92 Å². The van der Waals surface area contributed by atoms with Gasteiger partial charge in [0.05, 0.1) is 6.04 Å². The molecule has 0 aliphatic carbocycles. The van der Waals surface area contributed by atoms with Gasteiger partial charge in [-0.15, -0.1) is 0 Å². The molecule has 3 amide bonds. The zero-order valence-corrected chi connectivity index (χ0v) is 21.2. The molecule has 1 saturated heterocycles. The number of carboxylic acid groups (broad SMARTS) is 1. The Morgan fingerprint density at radius 1 is 0.943 bits per heavy atom. The molecule has 1 aliphatic rings. The van der Waals surface area contributed by atoms with E-state index in [1.807, 2.05) is 51.1 Å². The molecule has 0 spiro atoms. The molecule has 194 valence electrons. The Labute approximate surface area is 207 Å². The highest BCUT2D eigenvalue weighted by molar-refractivity contribution is 5.94. The van der Waals surface area contributed by atoms with Crippen LogP contribution in [0.5, 0.6) is 0 Å². The van der Waals surface area contributed by atoms with Crippen molar-refractivity contribution in [3.05, 3.63) is 35.9 Å². The maximum atomic E-state index is 13.4. The first kappa shape index (κ1) is 28.3. The molecule has 6 atom stereocenters. The first-order valence-electron chi connectivity index (χ1n) is 12.6. The van der Waals surface area contributed by atoms with Gasteiger partial charge in [-0.2, -0.15) is 0 Å². The van der Waals surface area contributed by atoms with Crippen LogP contribution in [0.1, 0.15) is 58.9 Å². The Kier molecular flexibility index (Phi) is 11.2. The van der Waals surface area contributed by atoms with E-state index in [2.05, 4.69) is 21.3 Å². The molecule has 1 heterocycles. The summed E-state index contributed by atoms with van der Waals surface area (Å²) in [5, 5.41) is 21.0. The number of carbonyl (C=O) groups excluding carboxylic acids is 3. The lowest BCUT2D eigenvalue weighted by atomic mass is 9.95. The van der Waals surface area contributed by atoms with Gasteiger partial charge in [0.25, 0.3) is 0 Å². The molecular weight excluding hydrogens is 448 g/mol. The molecule has 1 aromatic carbocycles. The van der Waals surface area contributed by atoms with Crippen molar-refractivity contribution < 1.29 is 24.3 Å². The maximum absolute atomic E-state index is 13.4. The minimum Gasteiger partial charge on any atom is -0.480 e. The van der Waals surface area contributed by atoms with Crippen molar-refractivity contribution >= 4 is 23.7 Å². The van der Waals surface area contributed by atoms with Crippen LogP contribution in [0.3, 0.4) is 0 Å². The number of aliphatic carboxylic acids is 1. The van der Waals surface area contributed by atoms with Gasteiger partial charge in [-0.25, -0.2) is 4.79 Å². The minimum atomic E-state index is -1.11. The highest BCUT2D eigenvalue weighted by atomic mass is 16.4. The van der Waals surface area contributed by atoms with Crippen LogP contribution in [0.15, 0.2) is 30.3 Å². The van der Waals surface area contributed by atoms with Gasteiger partial charge in [-0.3, -0.25) is 14.4 Å². The van der Waals surface area contributed by atoms with E-state index in [9.17, 15) is 24.3 Å². The molecule has 5 N–H and O–H groups in total. The highest BCUT2D eigenvalue weighted by Crippen LogP contribution is 2.14. The second-order valence-corrected chi connectivity index (χ2v) is 9.48. The van der Waals surface area contributed by atoms with Gasteiger partial charge < -0.3 is 26.4 Å². The third-order valence-electron chi connectivity index (χ3n) is 6.86. The van der Waals surface area contributed by atoms with Crippen LogP contribution >= 0.6 is 0 Å². The first-order valence-corrected chi connectivity index (χ1v) is 12.6. The highest BCUT2D eigenvalue weighted by Gasteiger charge is 2.34. The van der Waals surface area contributed by atoms with Crippen LogP contribution in [0.2, 0.25) is 0 Å². The van der Waals surface area contributed by atoms with Gasteiger partial charge in [-0.05, 0) is 36.8 Å². The Balaban J connectivity index is 2.21. The second-order valence-electron chi connectivity index (χ2n) is 9.48. The van der Waals surface area contributed by atoms with Crippen molar-refractivity contribution in [1.29, 1.82) is 0 Å². The zero-order valence-electron chi connectivity index (χ0n) is 21.2. The molecule has 0 radical (unpaired) electrons. The van der Waals surface area contributed by atoms with Crippen molar-refractivity contribution in [1.82, 2.24) is 21.3 Å². The predicted octanol–water partition coefficient (Wildman–Crippen LogP) is 1.61. The molecular formula is C26H40N4O5. The van der Waals surface area contributed by atoms with E-state index in [4.69, 9.17) is 0 Å². The molecule has 6 unspecified atom stereocenters. The van der Waals surface area contributed by atoms with Gasteiger partial charge in [0.1, 0.15) is 18.1 Å². The standard InChI is InChI=1S/C26H40N4O5/c1-5-16(3)21(25(33)30-22(26(34)35)17(4)6-2)29-24(32)20(15-18-11-8-7-9-12-18)28-23(31)19-13-10-14-27-19/h7-9,11-12,16-17,19-22,27H,5-6,10,13-15H2,1-4H3,(H,28,31)(H,29,32)(H,30,33)(H,34,35). The van der Waals surface area contributed by atoms with Crippen LogP contribution < -0.4 is 21.3 Å². The summed E-state index contributed by atoms with van der Waals surface area (Å²) in [7, 11) is 0. The van der Waals surface area contributed by atoms with Gasteiger partial charge in [-0.1, -0.05) is 70.9 Å². The molecule has 0 saturated carbocycles. The van der Waals surface area contributed by atoms with Gasteiger partial charge in [0.2, 0.25) is 17.7 Å². The first-order chi connectivity index (χ1) is 16.7. The summed E-state index contributed by atoms with van der Waals surface area (Å²) in [4.78, 5) is 51.1. The fourth-order valence-electron chi connectivity index (χ4n) is 4.12. The molecule has 0 aromatic heterocycles. The van der Waals surface area contributed by atoms with Crippen LogP contribution in [-0.4, -0.2) is 59.5 Å². The normalized spacial score (nSPS) is 19.6. The lowest BCUT2D eigenvalue weighted by molar-refractivity contribution is -0.144. The van der Waals surface area contributed by atoms with Crippen LogP contribution in [0, 0.1) is 11.8 Å². The lowest BCUT2D eigenvalue weighted by Crippen LogP contribution is -2.59. The smallest absolute Gasteiger partial charge is 0.326 e. The van der Waals surface area contributed by atoms with E-state index in [0.717, 1.165) is 18.5 Å². The van der Waals surface area contributed by atoms with Gasteiger partial charge in [0, 0.05) is 6.42 Å². The Bertz CT molecular complexity index is 857. The number of rotatable bonds is 13. The number of carboxylic acids is 1. The quantitative estimate of drug-likeness (QED) is 0.286. The molecule has 0 bridgehead atoms. The van der Waals surface area contributed by atoms with E-state index in [1.165, 1.54) is 0 Å². The molecule has 1 fully saturated rings. The van der Waals surface area contributed by atoms with Crippen molar-refractivity contribution in [3.8, 4) is 0 Å². The van der Waals surface area contributed by atoms with Crippen LogP contribution in [0.4, 0.5) is 0 Å². The fraction of sp³-hybridized carbons (Fsp3) is 0.615. The maximum Gasteiger partial charge on any atom is 0.326 e.